The standard InChI is InChI=1S/C12H16O2/c1-8-5-10(7-11(6-8)14-2)12(13)9-3-4-9/h5-7,9,12-13H,3-4H2,1-2H3. The summed E-state index contributed by atoms with van der Waals surface area (Å²) in [4.78, 5) is 0. The Morgan fingerprint density at radius 3 is 2.64 bits per heavy atom. The van der Waals surface area contributed by atoms with E-state index in [0.29, 0.717) is 5.92 Å². The fraction of sp³-hybridized carbons (Fsp3) is 0.500. The molecule has 2 heteroatoms. The van der Waals surface area contributed by atoms with Crippen molar-refractivity contribution in [3.63, 3.8) is 0 Å². The third-order valence-corrected chi connectivity index (χ3v) is 2.72. The van der Waals surface area contributed by atoms with E-state index in [1.54, 1.807) is 7.11 Å². The third-order valence-electron chi connectivity index (χ3n) is 2.72. The van der Waals surface area contributed by atoms with Crippen molar-refractivity contribution in [2.75, 3.05) is 7.11 Å². The number of ether oxygens (including phenoxy) is 1. The number of aliphatic hydroxyl groups excluding tert-OH is 1. The van der Waals surface area contributed by atoms with Crippen LogP contribution in [0.3, 0.4) is 0 Å². The van der Waals surface area contributed by atoms with E-state index in [1.807, 2.05) is 25.1 Å². The van der Waals surface area contributed by atoms with E-state index in [9.17, 15) is 5.11 Å². The van der Waals surface area contributed by atoms with Gasteiger partial charge in [-0.25, -0.2) is 0 Å². The van der Waals surface area contributed by atoms with Crippen molar-refractivity contribution in [2.45, 2.75) is 25.9 Å². The van der Waals surface area contributed by atoms with Crippen molar-refractivity contribution in [3.8, 4) is 5.75 Å². The predicted molar refractivity (Wildman–Crippen MR) is 55.4 cm³/mol. The van der Waals surface area contributed by atoms with Crippen LogP contribution in [0.4, 0.5) is 0 Å². The summed E-state index contributed by atoms with van der Waals surface area (Å²) in [6, 6.07) is 5.94. The Balaban J connectivity index is 2.27. The highest BCUT2D eigenvalue weighted by Crippen LogP contribution is 2.41. The van der Waals surface area contributed by atoms with Gasteiger partial charge in [0.2, 0.25) is 0 Å². The maximum Gasteiger partial charge on any atom is 0.119 e. The molecule has 1 unspecified atom stereocenters. The molecule has 1 aromatic carbocycles. The molecule has 2 nitrogen and oxygen atoms in total. The summed E-state index contributed by atoms with van der Waals surface area (Å²) >= 11 is 0. The Morgan fingerprint density at radius 2 is 2.07 bits per heavy atom. The molecule has 1 aliphatic rings. The topological polar surface area (TPSA) is 29.5 Å². The van der Waals surface area contributed by atoms with Crippen LogP contribution in [0, 0.1) is 12.8 Å². The Bertz CT molecular complexity index is 329. The molecule has 1 N–H and O–H groups in total. The van der Waals surface area contributed by atoms with Crippen LogP contribution in [0.2, 0.25) is 0 Å². The summed E-state index contributed by atoms with van der Waals surface area (Å²) in [5.74, 6) is 1.31. The van der Waals surface area contributed by atoms with E-state index in [2.05, 4.69) is 0 Å². The van der Waals surface area contributed by atoms with E-state index in [1.165, 1.54) is 0 Å². The second kappa shape index (κ2) is 3.62. The van der Waals surface area contributed by atoms with Crippen LogP contribution < -0.4 is 4.74 Å². The van der Waals surface area contributed by atoms with Gasteiger partial charge in [-0.15, -0.1) is 0 Å². The van der Waals surface area contributed by atoms with Crippen molar-refractivity contribution < 1.29 is 9.84 Å². The number of hydrogen-bond acceptors (Lipinski definition) is 2. The van der Waals surface area contributed by atoms with Crippen LogP contribution in [-0.4, -0.2) is 12.2 Å². The zero-order chi connectivity index (χ0) is 10.1. The number of methoxy groups -OCH3 is 1. The average molecular weight is 192 g/mol. The average Bonchev–Trinajstić information content (AvgIpc) is 2.99. The van der Waals surface area contributed by atoms with Gasteiger partial charge in [-0.2, -0.15) is 0 Å². The van der Waals surface area contributed by atoms with Crippen molar-refractivity contribution in [2.24, 2.45) is 5.92 Å². The Kier molecular flexibility index (Phi) is 2.46. The summed E-state index contributed by atoms with van der Waals surface area (Å²) in [6.45, 7) is 2.02. The van der Waals surface area contributed by atoms with Crippen LogP contribution in [-0.2, 0) is 0 Å². The van der Waals surface area contributed by atoms with Gasteiger partial charge in [-0.1, -0.05) is 6.07 Å². The molecule has 1 atom stereocenters. The van der Waals surface area contributed by atoms with E-state index >= 15 is 0 Å². The number of rotatable bonds is 3. The molecule has 1 fully saturated rings. The first kappa shape index (κ1) is 9.53. The maximum absolute atomic E-state index is 9.95. The molecule has 76 valence electrons. The highest BCUT2D eigenvalue weighted by molar-refractivity contribution is 5.35. The van der Waals surface area contributed by atoms with Crippen molar-refractivity contribution in [3.05, 3.63) is 29.3 Å². The highest BCUT2D eigenvalue weighted by Gasteiger charge is 2.30. The Hall–Kier alpha value is -1.02. The second-order valence-electron chi connectivity index (χ2n) is 4.07. The van der Waals surface area contributed by atoms with Crippen LogP contribution in [0.25, 0.3) is 0 Å². The summed E-state index contributed by atoms with van der Waals surface area (Å²) in [5, 5.41) is 9.95. The van der Waals surface area contributed by atoms with Crippen LogP contribution in [0.1, 0.15) is 30.1 Å². The van der Waals surface area contributed by atoms with Crippen molar-refractivity contribution in [1.29, 1.82) is 0 Å². The first-order valence-electron chi connectivity index (χ1n) is 5.04. The quantitative estimate of drug-likeness (QED) is 0.797. The molecule has 0 heterocycles. The van der Waals surface area contributed by atoms with Gasteiger partial charge in [0.05, 0.1) is 13.2 Å². The lowest BCUT2D eigenvalue weighted by molar-refractivity contribution is 0.153. The molecule has 0 amide bonds. The zero-order valence-electron chi connectivity index (χ0n) is 8.66. The lowest BCUT2D eigenvalue weighted by Crippen LogP contribution is -2.00. The molecule has 1 aromatic rings. The van der Waals surface area contributed by atoms with Crippen molar-refractivity contribution >= 4 is 0 Å². The van der Waals surface area contributed by atoms with Gasteiger partial charge in [0.15, 0.2) is 0 Å². The predicted octanol–water partition coefficient (Wildman–Crippen LogP) is 2.45. The Labute approximate surface area is 84.5 Å². The molecule has 0 aliphatic heterocycles. The smallest absolute Gasteiger partial charge is 0.119 e. The molecule has 0 spiro atoms. The monoisotopic (exact) mass is 192 g/mol. The summed E-state index contributed by atoms with van der Waals surface area (Å²) < 4.78 is 5.17. The molecule has 0 bridgehead atoms. The Morgan fingerprint density at radius 1 is 1.36 bits per heavy atom. The fourth-order valence-corrected chi connectivity index (χ4v) is 1.75. The second-order valence-corrected chi connectivity index (χ2v) is 4.07. The molecule has 2 rings (SSSR count). The number of hydrogen-bond donors (Lipinski definition) is 1. The zero-order valence-corrected chi connectivity index (χ0v) is 8.66. The maximum atomic E-state index is 9.95. The van der Waals surface area contributed by atoms with E-state index < -0.39 is 0 Å². The van der Waals surface area contributed by atoms with Crippen LogP contribution in [0.15, 0.2) is 18.2 Å². The first-order valence-corrected chi connectivity index (χ1v) is 5.04. The minimum atomic E-state index is -0.302. The summed E-state index contributed by atoms with van der Waals surface area (Å²) in [7, 11) is 1.65. The summed E-state index contributed by atoms with van der Waals surface area (Å²) in [5.41, 5.74) is 2.13. The van der Waals surface area contributed by atoms with E-state index in [-0.39, 0.29) is 6.10 Å². The molecule has 14 heavy (non-hydrogen) atoms. The van der Waals surface area contributed by atoms with Crippen LogP contribution in [0.5, 0.6) is 5.75 Å². The highest BCUT2D eigenvalue weighted by atomic mass is 16.5. The van der Waals surface area contributed by atoms with Gasteiger partial charge < -0.3 is 9.84 Å². The molecule has 0 radical (unpaired) electrons. The SMILES string of the molecule is COc1cc(C)cc(C(O)C2CC2)c1. The largest absolute Gasteiger partial charge is 0.497 e. The number of benzene rings is 1. The summed E-state index contributed by atoms with van der Waals surface area (Å²) in [6.07, 6.45) is 2.00. The third kappa shape index (κ3) is 1.90. The molecule has 1 aliphatic carbocycles. The van der Waals surface area contributed by atoms with Gasteiger partial charge in [0.1, 0.15) is 5.75 Å². The van der Waals surface area contributed by atoms with E-state index in [0.717, 1.165) is 29.7 Å². The van der Waals surface area contributed by atoms with Gasteiger partial charge >= 0.3 is 0 Å². The molecule has 1 saturated carbocycles. The van der Waals surface area contributed by atoms with Gasteiger partial charge in [-0.05, 0) is 48.9 Å². The fourth-order valence-electron chi connectivity index (χ4n) is 1.75. The molecular weight excluding hydrogens is 176 g/mol. The molecular formula is C12H16O2. The molecule has 0 saturated heterocycles. The number of aryl methyl sites for hydroxylation is 1. The lowest BCUT2D eigenvalue weighted by Gasteiger charge is -2.12. The minimum Gasteiger partial charge on any atom is -0.497 e. The first-order chi connectivity index (χ1) is 6.70. The van der Waals surface area contributed by atoms with Crippen molar-refractivity contribution in [1.82, 2.24) is 0 Å². The van der Waals surface area contributed by atoms with Crippen LogP contribution >= 0.6 is 0 Å². The van der Waals surface area contributed by atoms with Gasteiger partial charge in [0, 0.05) is 0 Å². The minimum absolute atomic E-state index is 0.302. The number of aliphatic hydroxyl groups is 1. The molecule has 0 aromatic heterocycles. The lowest BCUT2D eigenvalue weighted by atomic mass is 10.0. The van der Waals surface area contributed by atoms with Gasteiger partial charge in [-0.3, -0.25) is 0 Å². The van der Waals surface area contributed by atoms with Gasteiger partial charge in [0.25, 0.3) is 0 Å². The normalized spacial score (nSPS) is 17.9. The van der Waals surface area contributed by atoms with E-state index in [4.69, 9.17) is 4.74 Å².